The van der Waals surface area contributed by atoms with Crippen LogP contribution in [-0.2, 0) is 0 Å². The summed E-state index contributed by atoms with van der Waals surface area (Å²) in [7, 11) is 0. The van der Waals surface area contributed by atoms with Crippen molar-refractivity contribution in [2.75, 3.05) is 11.5 Å². The summed E-state index contributed by atoms with van der Waals surface area (Å²) in [6.45, 7) is 4.34. The fraction of sp³-hybridized carbons (Fsp3) is 0.778. The highest BCUT2D eigenvalue weighted by molar-refractivity contribution is 7.99. The Morgan fingerprint density at radius 2 is 2.30 bits per heavy atom. The summed E-state index contributed by atoms with van der Waals surface area (Å²) in [5.74, 6) is 6.18. The van der Waals surface area contributed by atoms with Crippen LogP contribution in [0.2, 0.25) is 0 Å². The van der Waals surface area contributed by atoms with Gasteiger partial charge in [0.2, 0.25) is 0 Å². The molecule has 1 unspecified atom stereocenters. The third kappa shape index (κ3) is 1.49. The lowest BCUT2D eigenvalue weighted by Crippen LogP contribution is -2.21. The van der Waals surface area contributed by atoms with E-state index in [9.17, 15) is 0 Å². The molecule has 0 bridgehead atoms. The fourth-order valence-corrected chi connectivity index (χ4v) is 2.71. The molecule has 1 rings (SSSR count). The van der Waals surface area contributed by atoms with Crippen molar-refractivity contribution in [3.05, 3.63) is 0 Å². The first kappa shape index (κ1) is 8.01. The smallest absolute Gasteiger partial charge is 0.0292 e. The van der Waals surface area contributed by atoms with Gasteiger partial charge in [-0.2, -0.15) is 11.8 Å². The second-order valence-corrected chi connectivity index (χ2v) is 4.58. The highest BCUT2D eigenvalue weighted by atomic mass is 32.2. The van der Waals surface area contributed by atoms with Crippen molar-refractivity contribution in [3.63, 3.8) is 0 Å². The highest BCUT2D eigenvalue weighted by Crippen LogP contribution is 2.37. The Balaban J connectivity index is 2.56. The molecule has 1 atom stereocenters. The van der Waals surface area contributed by atoms with Crippen LogP contribution in [0.4, 0.5) is 0 Å². The normalized spacial score (nSPS) is 26.3. The van der Waals surface area contributed by atoms with Crippen molar-refractivity contribution >= 4 is 11.8 Å². The predicted molar refractivity (Wildman–Crippen MR) is 48.0 cm³/mol. The van der Waals surface area contributed by atoms with Gasteiger partial charge in [0.05, 0.1) is 0 Å². The van der Waals surface area contributed by atoms with Crippen LogP contribution in [0.5, 0.6) is 0 Å². The van der Waals surface area contributed by atoms with E-state index in [4.69, 9.17) is 6.42 Å². The molecule has 0 saturated carbocycles. The predicted octanol–water partition coefficient (Wildman–Crippen LogP) is 2.40. The van der Waals surface area contributed by atoms with Crippen LogP contribution < -0.4 is 0 Å². The van der Waals surface area contributed by atoms with Crippen LogP contribution in [0.25, 0.3) is 0 Å². The van der Waals surface area contributed by atoms with Crippen LogP contribution in [-0.4, -0.2) is 11.5 Å². The minimum absolute atomic E-state index is 0.128. The molecular weight excluding hydrogens is 140 g/mol. The van der Waals surface area contributed by atoms with Gasteiger partial charge in [-0.1, -0.05) is 0 Å². The number of thioether (sulfide) groups is 1. The first-order valence-corrected chi connectivity index (χ1v) is 4.88. The molecule has 1 fully saturated rings. The molecule has 0 aromatic rings. The van der Waals surface area contributed by atoms with Gasteiger partial charge in [-0.15, -0.1) is 12.3 Å². The molecule has 0 radical (unpaired) electrons. The Labute approximate surface area is 67.8 Å². The van der Waals surface area contributed by atoms with E-state index in [1.165, 1.54) is 17.9 Å². The molecular formula is C9H14S. The van der Waals surface area contributed by atoms with E-state index < -0.39 is 0 Å². The third-order valence-corrected chi connectivity index (χ3v) is 3.48. The molecule has 0 aromatic carbocycles. The van der Waals surface area contributed by atoms with Crippen molar-refractivity contribution < 1.29 is 0 Å². The quantitative estimate of drug-likeness (QED) is 0.523. The summed E-state index contributed by atoms with van der Waals surface area (Å²) in [4.78, 5) is 0. The summed E-state index contributed by atoms with van der Waals surface area (Å²) in [5, 5.41) is 0. The van der Waals surface area contributed by atoms with Crippen molar-refractivity contribution in [1.82, 2.24) is 0 Å². The molecule has 0 amide bonds. The number of rotatable bonds is 1. The second kappa shape index (κ2) is 2.88. The Bertz CT molecular complexity index is 147. The Hall–Kier alpha value is -0.0900. The zero-order valence-corrected chi connectivity index (χ0v) is 7.50. The van der Waals surface area contributed by atoms with Crippen LogP contribution in [0.3, 0.4) is 0 Å². The molecule has 10 heavy (non-hydrogen) atoms. The van der Waals surface area contributed by atoms with Crippen LogP contribution in [0, 0.1) is 23.7 Å². The summed E-state index contributed by atoms with van der Waals surface area (Å²) in [6.07, 6.45) is 6.73. The molecule has 0 nitrogen and oxygen atoms in total. The fourth-order valence-electron chi connectivity index (χ4n) is 1.22. The number of hydrogen-bond donors (Lipinski definition) is 0. The maximum atomic E-state index is 5.43. The van der Waals surface area contributed by atoms with Gasteiger partial charge in [-0.05, 0) is 37.7 Å². The number of hydrogen-bond acceptors (Lipinski definition) is 1. The first-order chi connectivity index (χ1) is 4.67. The van der Waals surface area contributed by atoms with Gasteiger partial charge in [0, 0.05) is 5.41 Å². The van der Waals surface area contributed by atoms with Crippen molar-refractivity contribution in [2.24, 2.45) is 11.3 Å². The van der Waals surface area contributed by atoms with Gasteiger partial charge in [0.1, 0.15) is 0 Å². The zero-order chi connectivity index (χ0) is 7.61. The van der Waals surface area contributed by atoms with Gasteiger partial charge in [0.25, 0.3) is 0 Å². The number of terminal acetylenes is 1. The molecule has 1 saturated heterocycles. The topological polar surface area (TPSA) is 0 Å². The molecule has 0 N–H and O–H groups in total. The zero-order valence-electron chi connectivity index (χ0n) is 6.68. The van der Waals surface area contributed by atoms with E-state index >= 15 is 0 Å². The van der Waals surface area contributed by atoms with E-state index in [2.05, 4.69) is 19.8 Å². The van der Waals surface area contributed by atoms with Crippen LogP contribution in [0.1, 0.15) is 20.3 Å². The van der Waals surface area contributed by atoms with E-state index in [0.29, 0.717) is 0 Å². The minimum Gasteiger partial charge on any atom is -0.162 e. The molecule has 56 valence electrons. The molecule has 1 aliphatic heterocycles. The van der Waals surface area contributed by atoms with Gasteiger partial charge in [-0.3, -0.25) is 0 Å². The van der Waals surface area contributed by atoms with Gasteiger partial charge < -0.3 is 0 Å². The maximum Gasteiger partial charge on any atom is 0.0292 e. The molecule has 1 heteroatoms. The van der Waals surface area contributed by atoms with Crippen molar-refractivity contribution in [1.29, 1.82) is 0 Å². The monoisotopic (exact) mass is 154 g/mol. The standard InChI is InChI=1S/C9H14S/c1-4-9(2,3)8-5-6-10-7-8/h1,8H,5-7H2,2-3H3. The van der Waals surface area contributed by atoms with Crippen LogP contribution in [0.15, 0.2) is 0 Å². The van der Waals surface area contributed by atoms with Gasteiger partial charge in [-0.25, -0.2) is 0 Å². The molecule has 1 heterocycles. The van der Waals surface area contributed by atoms with Crippen molar-refractivity contribution in [3.8, 4) is 12.3 Å². The van der Waals surface area contributed by atoms with E-state index in [-0.39, 0.29) is 5.41 Å². The van der Waals surface area contributed by atoms with Gasteiger partial charge >= 0.3 is 0 Å². The Morgan fingerprint density at radius 1 is 1.60 bits per heavy atom. The Morgan fingerprint density at radius 3 is 2.70 bits per heavy atom. The highest BCUT2D eigenvalue weighted by Gasteiger charge is 2.29. The SMILES string of the molecule is C#CC(C)(C)C1CCSC1. The van der Waals surface area contributed by atoms with Gasteiger partial charge in [0.15, 0.2) is 0 Å². The van der Waals surface area contributed by atoms with E-state index in [1.807, 2.05) is 11.8 Å². The van der Waals surface area contributed by atoms with Crippen molar-refractivity contribution in [2.45, 2.75) is 20.3 Å². The second-order valence-electron chi connectivity index (χ2n) is 3.43. The Kier molecular flexibility index (Phi) is 2.31. The molecule has 1 aliphatic rings. The average molecular weight is 154 g/mol. The molecule has 0 aliphatic carbocycles. The van der Waals surface area contributed by atoms with E-state index in [0.717, 1.165) is 5.92 Å². The summed E-state index contributed by atoms with van der Waals surface area (Å²) in [6, 6.07) is 0. The molecule has 0 aromatic heterocycles. The lowest BCUT2D eigenvalue weighted by atomic mass is 9.79. The molecule has 0 spiro atoms. The largest absolute Gasteiger partial charge is 0.162 e. The third-order valence-electron chi connectivity index (χ3n) is 2.32. The van der Waals surface area contributed by atoms with E-state index in [1.54, 1.807) is 0 Å². The first-order valence-electron chi connectivity index (χ1n) is 3.72. The summed E-state index contributed by atoms with van der Waals surface area (Å²) < 4.78 is 0. The maximum absolute atomic E-state index is 5.43. The lowest BCUT2D eigenvalue weighted by molar-refractivity contribution is 0.331. The average Bonchev–Trinajstić information content (AvgIpc) is 2.38. The minimum atomic E-state index is 0.128. The summed E-state index contributed by atoms with van der Waals surface area (Å²) in [5.41, 5.74) is 0.128. The van der Waals surface area contributed by atoms with Crippen LogP contribution >= 0.6 is 11.8 Å². The lowest BCUT2D eigenvalue weighted by Gasteiger charge is -2.24. The summed E-state index contributed by atoms with van der Waals surface area (Å²) >= 11 is 2.03.